The number of nitrogens with one attached hydrogen (secondary N) is 2. The van der Waals surface area contributed by atoms with Crippen LogP contribution in [0.5, 0.6) is 0 Å². The minimum Gasteiger partial charge on any atom is -0.400 e. The lowest BCUT2D eigenvalue weighted by molar-refractivity contribution is -0.137. The first kappa shape index (κ1) is 21.5. The van der Waals surface area contributed by atoms with Crippen molar-refractivity contribution in [2.24, 2.45) is 10.7 Å². The van der Waals surface area contributed by atoms with Gasteiger partial charge in [-0.05, 0) is 33.6 Å². The molecule has 0 bridgehead atoms. The van der Waals surface area contributed by atoms with Crippen LogP contribution >= 0.6 is 0 Å². The van der Waals surface area contributed by atoms with Crippen molar-refractivity contribution >= 4 is 17.6 Å². The number of nitrogens with two attached hydrogens (primary N) is 1. The molecule has 0 radical (unpaired) electrons. The summed E-state index contributed by atoms with van der Waals surface area (Å²) in [4.78, 5) is 13.8. The van der Waals surface area contributed by atoms with Gasteiger partial charge >= 0.3 is 6.18 Å². The van der Waals surface area contributed by atoms with Crippen molar-refractivity contribution in [2.45, 2.75) is 51.4 Å². The monoisotopic (exact) mass is 423 g/mol. The average molecular weight is 423 g/mol. The number of halogens is 3. The molecule has 0 saturated heterocycles. The van der Waals surface area contributed by atoms with E-state index in [0.717, 1.165) is 19.0 Å². The number of allylic oxidation sites excluding steroid dienone is 1. The number of aromatic nitrogens is 5. The Morgan fingerprint density at radius 3 is 2.53 bits per heavy atom. The normalized spacial score (nSPS) is 15.9. The van der Waals surface area contributed by atoms with E-state index in [1.54, 1.807) is 25.4 Å². The van der Waals surface area contributed by atoms with Crippen LogP contribution in [0.3, 0.4) is 0 Å². The molecule has 0 atom stereocenters. The first-order valence-electron chi connectivity index (χ1n) is 9.48. The SMILES string of the molecule is CCNc1nc(NC(/C=C(\N)C(C)(C)n2nccn2)=NC2CC2)ncc1C(F)(F)F. The van der Waals surface area contributed by atoms with E-state index in [4.69, 9.17) is 5.73 Å². The van der Waals surface area contributed by atoms with Crippen molar-refractivity contribution in [1.29, 1.82) is 0 Å². The third-order valence-electron chi connectivity index (χ3n) is 4.46. The van der Waals surface area contributed by atoms with E-state index in [1.165, 1.54) is 4.80 Å². The van der Waals surface area contributed by atoms with Gasteiger partial charge in [0.2, 0.25) is 5.95 Å². The smallest absolute Gasteiger partial charge is 0.400 e. The first-order chi connectivity index (χ1) is 14.1. The Labute approximate surface area is 171 Å². The van der Waals surface area contributed by atoms with Gasteiger partial charge in [0.05, 0.1) is 18.4 Å². The lowest BCUT2D eigenvalue weighted by atomic mass is 10.0. The number of aliphatic imine (C=N–C) groups is 1. The highest BCUT2D eigenvalue weighted by molar-refractivity contribution is 6.03. The highest BCUT2D eigenvalue weighted by Crippen LogP contribution is 2.33. The van der Waals surface area contributed by atoms with Crippen LogP contribution in [0.4, 0.5) is 24.9 Å². The summed E-state index contributed by atoms with van der Waals surface area (Å²) < 4.78 is 39.5. The minimum atomic E-state index is -4.56. The van der Waals surface area contributed by atoms with Crippen LogP contribution in [0.1, 0.15) is 39.2 Å². The molecule has 2 aromatic heterocycles. The van der Waals surface area contributed by atoms with Crippen LogP contribution in [-0.4, -0.2) is 43.4 Å². The van der Waals surface area contributed by atoms with Crippen molar-refractivity contribution in [1.82, 2.24) is 25.0 Å². The molecule has 1 aliphatic rings. The summed E-state index contributed by atoms with van der Waals surface area (Å²) in [6.45, 7) is 5.64. The molecule has 162 valence electrons. The molecule has 4 N–H and O–H groups in total. The molecule has 1 aliphatic carbocycles. The summed E-state index contributed by atoms with van der Waals surface area (Å²) in [5, 5.41) is 13.8. The summed E-state index contributed by atoms with van der Waals surface area (Å²) in [7, 11) is 0. The summed E-state index contributed by atoms with van der Waals surface area (Å²) in [5.41, 5.74) is 5.02. The van der Waals surface area contributed by atoms with Crippen molar-refractivity contribution in [3.63, 3.8) is 0 Å². The fraction of sp³-hybridized carbons (Fsp3) is 0.500. The van der Waals surface area contributed by atoms with Crippen LogP contribution < -0.4 is 16.4 Å². The van der Waals surface area contributed by atoms with E-state index in [0.29, 0.717) is 11.5 Å². The zero-order valence-corrected chi connectivity index (χ0v) is 16.9. The molecule has 9 nitrogen and oxygen atoms in total. The van der Waals surface area contributed by atoms with Crippen molar-refractivity contribution in [3.05, 3.63) is 35.9 Å². The van der Waals surface area contributed by atoms with Crippen LogP contribution in [-0.2, 0) is 11.7 Å². The largest absolute Gasteiger partial charge is 0.421 e. The molecule has 0 aliphatic heterocycles. The van der Waals surface area contributed by atoms with E-state index in [2.05, 4.69) is 35.8 Å². The lowest BCUT2D eigenvalue weighted by Gasteiger charge is -2.24. The summed E-state index contributed by atoms with van der Waals surface area (Å²) in [6.07, 6.45) is 2.74. The quantitative estimate of drug-likeness (QED) is 0.463. The molecule has 3 rings (SSSR count). The van der Waals surface area contributed by atoms with Crippen LogP contribution in [0.15, 0.2) is 35.4 Å². The van der Waals surface area contributed by atoms with Gasteiger partial charge in [-0.3, -0.25) is 4.99 Å². The van der Waals surface area contributed by atoms with E-state index in [9.17, 15) is 13.2 Å². The highest BCUT2D eigenvalue weighted by atomic mass is 19.4. The summed E-state index contributed by atoms with van der Waals surface area (Å²) in [5.74, 6) is 0.0427. The Morgan fingerprint density at radius 1 is 1.30 bits per heavy atom. The zero-order chi connectivity index (χ0) is 21.9. The number of rotatable bonds is 7. The average Bonchev–Trinajstić information content (AvgIpc) is 3.29. The molecule has 0 spiro atoms. The van der Waals surface area contributed by atoms with Gasteiger partial charge in [-0.25, -0.2) is 4.98 Å². The number of hydrogen-bond donors (Lipinski definition) is 3. The van der Waals surface area contributed by atoms with Gasteiger partial charge in [0, 0.05) is 24.5 Å². The molecule has 30 heavy (non-hydrogen) atoms. The molecule has 2 aromatic rings. The van der Waals surface area contributed by atoms with E-state index < -0.39 is 17.3 Å². The van der Waals surface area contributed by atoms with Crippen molar-refractivity contribution in [2.75, 3.05) is 17.2 Å². The van der Waals surface area contributed by atoms with Gasteiger partial charge in [-0.2, -0.15) is 33.1 Å². The van der Waals surface area contributed by atoms with Crippen LogP contribution in [0.2, 0.25) is 0 Å². The third-order valence-corrected chi connectivity index (χ3v) is 4.46. The van der Waals surface area contributed by atoms with Gasteiger partial charge in [0.15, 0.2) is 0 Å². The van der Waals surface area contributed by atoms with Gasteiger partial charge in [-0.1, -0.05) is 0 Å². The second kappa shape index (κ2) is 8.28. The Hall–Kier alpha value is -3.18. The third kappa shape index (κ3) is 5.05. The van der Waals surface area contributed by atoms with Crippen LogP contribution in [0.25, 0.3) is 0 Å². The fourth-order valence-corrected chi connectivity index (χ4v) is 2.52. The van der Waals surface area contributed by atoms with E-state index >= 15 is 0 Å². The van der Waals surface area contributed by atoms with E-state index in [-0.39, 0.29) is 24.4 Å². The maximum absolute atomic E-state index is 13.2. The minimum absolute atomic E-state index is 0.0163. The molecule has 1 saturated carbocycles. The number of nitrogens with zero attached hydrogens (tertiary/aromatic N) is 6. The second-order valence-corrected chi connectivity index (χ2v) is 7.33. The molecular weight excluding hydrogens is 399 g/mol. The predicted molar refractivity (Wildman–Crippen MR) is 107 cm³/mol. The zero-order valence-electron chi connectivity index (χ0n) is 16.9. The molecular formula is C18H24F3N9. The molecule has 2 heterocycles. The lowest BCUT2D eigenvalue weighted by Crippen LogP contribution is -2.35. The van der Waals surface area contributed by atoms with Gasteiger partial charge in [0.1, 0.15) is 22.8 Å². The standard InChI is InChI=1S/C18H24F3N9/c1-4-23-15-12(18(19,20)21)10-24-16(29-15)28-14(27-11-5-6-11)9-13(22)17(2,3)30-25-7-8-26-30/h7-11H,4-6,22H2,1-3H3,(H2,23,24,27,28,29)/b13-9-. The number of alkyl halides is 3. The van der Waals surface area contributed by atoms with Gasteiger partial charge in [-0.15, -0.1) is 0 Å². The first-order valence-corrected chi connectivity index (χ1v) is 9.48. The molecule has 12 heteroatoms. The highest BCUT2D eigenvalue weighted by Gasteiger charge is 2.35. The summed E-state index contributed by atoms with van der Waals surface area (Å²) >= 11 is 0. The Morgan fingerprint density at radius 2 is 1.97 bits per heavy atom. The fourth-order valence-electron chi connectivity index (χ4n) is 2.52. The Balaban J connectivity index is 1.90. The second-order valence-electron chi connectivity index (χ2n) is 7.33. The van der Waals surface area contributed by atoms with Crippen LogP contribution in [0, 0.1) is 0 Å². The summed E-state index contributed by atoms with van der Waals surface area (Å²) in [6, 6.07) is 0.130. The Kier molecular flexibility index (Phi) is 5.94. The molecule has 1 fully saturated rings. The topological polar surface area (TPSA) is 119 Å². The number of hydrogen-bond acceptors (Lipinski definition) is 7. The maximum Gasteiger partial charge on any atom is 0.421 e. The van der Waals surface area contributed by atoms with E-state index in [1.807, 2.05) is 13.8 Å². The number of anilines is 2. The van der Waals surface area contributed by atoms with Crippen molar-refractivity contribution in [3.8, 4) is 0 Å². The maximum atomic E-state index is 13.2. The predicted octanol–water partition coefficient (Wildman–Crippen LogP) is 2.77. The van der Waals surface area contributed by atoms with Crippen molar-refractivity contribution < 1.29 is 13.2 Å². The van der Waals surface area contributed by atoms with Gasteiger partial charge < -0.3 is 16.4 Å². The molecule has 0 aromatic carbocycles. The molecule has 0 unspecified atom stereocenters. The molecule has 0 amide bonds. The Bertz CT molecular complexity index is 929. The van der Waals surface area contributed by atoms with Gasteiger partial charge in [0.25, 0.3) is 0 Å². The number of amidine groups is 1.